The minimum atomic E-state index is -0.440. The second-order valence-corrected chi connectivity index (χ2v) is 3.54. The van der Waals surface area contributed by atoms with Gasteiger partial charge >= 0.3 is 0 Å². The molecule has 0 radical (unpaired) electrons. The van der Waals surface area contributed by atoms with E-state index in [9.17, 15) is 4.79 Å². The molecular weight excluding hydrogens is 216 g/mol. The molecule has 0 bridgehead atoms. The molecular formula is C10H11ClN2O2. The third kappa shape index (κ3) is 1.99. The first-order chi connectivity index (χ1) is 7.20. The fourth-order valence-corrected chi connectivity index (χ4v) is 1.55. The van der Waals surface area contributed by atoms with Gasteiger partial charge in [-0.05, 0) is 25.1 Å². The molecule has 0 saturated carbocycles. The number of carbonyl (C=O) groups is 1. The van der Waals surface area contributed by atoms with Crippen molar-refractivity contribution in [1.82, 2.24) is 0 Å². The van der Waals surface area contributed by atoms with Crippen molar-refractivity contribution in [2.75, 3.05) is 16.6 Å². The van der Waals surface area contributed by atoms with Crippen molar-refractivity contribution in [2.45, 2.75) is 13.0 Å². The molecule has 4 nitrogen and oxygen atoms in total. The second kappa shape index (κ2) is 3.98. The summed E-state index contributed by atoms with van der Waals surface area (Å²) in [6, 6.07) is 5.77. The zero-order chi connectivity index (χ0) is 10.8. The quantitative estimate of drug-likeness (QED) is 0.599. The Morgan fingerprint density at radius 2 is 2.40 bits per heavy atom. The minimum Gasteiger partial charge on any atom is -0.479 e. The number of halogens is 1. The lowest BCUT2D eigenvalue weighted by molar-refractivity contribution is -0.122. The number of hydrogen-bond donors (Lipinski definition) is 2. The molecule has 0 aromatic heterocycles. The van der Waals surface area contributed by atoms with E-state index in [0.29, 0.717) is 17.4 Å². The summed E-state index contributed by atoms with van der Waals surface area (Å²) in [6.45, 7) is 1.71. The molecule has 2 N–H and O–H groups in total. The standard InChI is InChI=1S/C10H11ClN2O2/c1-6-10(14)13-8-4-7(12-5-11)2-3-9(8)15-6/h2-4,6,12H,5H2,1H3,(H,13,14). The Hall–Kier alpha value is -1.42. The summed E-state index contributed by atoms with van der Waals surface area (Å²) in [5.41, 5.74) is 1.52. The Balaban J connectivity index is 2.29. The summed E-state index contributed by atoms with van der Waals surface area (Å²) in [6.07, 6.45) is -0.440. The summed E-state index contributed by atoms with van der Waals surface area (Å²) in [5, 5.41) is 5.70. The summed E-state index contributed by atoms with van der Waals surface area (Å²) < 4.78 is 5.40. The molecule has 1 atom stereocenters. The Kier molecular flexibility index (Phi) is 2.68. The van der Waals surface area contributed by atoms with Crippen LogP contribution in [-0.2, 0) is 4.79 Å². The number of alkyl halides is 1. The molecule has 15 heavy (non-hydrogen) atoms. The molecule has 0 saturated heterocycles. The van der Waals surface area contributed by atoms with Crippen LogP contribution in [-0.4, -0.2) is 18.0 Å². The number of anilines is 2. The number of fused-ring (bicyclic) bond motifs is 1. The van der Waals surface area contributed by atoms with Crippen molar-refractivity contribution in [1.29, 1.82) is 0 Å². The van der Waals surface area contributed by atoms with Crippen LogP contribution in [0.3, 0.4) is 0 Å². The van der Waals surface area contributed by atoms with Crippen LogP contribution in [0.1, 0.15) is 6.92 Å². The van der Waals surface area contributed by atoms with E-state index in [1.807, 2.05) is 6.07 Å². The zero-order valence-electron chi connectivity index (χ0n) is 8.21. The van der Waals surface area contributed by atoms with Gasteiger partial charge < -0.3 is 15.4 Å². The monoisotopic (exact) mass is 226 g/mol. The van der Waals surface area contributed by atoms with Gasteiger partial charge in [0, 0.05) is 5.69 Å². The van der Waals surface area contributed by atoms with Crippen LogP contribution in [0.2, 0.25) is 0 Å². The van der Waals surface area contributed by atoms with Crippen molar-refractivity contribution in [3.05, 3.63) is 18.2 Å². The van der Waals surface area contributed by atoms with Gasteiger partial charge in [-0.2, -0.15) is 0 Å². The lowest BCUT2D eigenvalue weighted by Gasteiger charge is -2.23. The van der Waals surface area contributed by atoms with Crippen LogP contribution in [0.4, 0.5) is 11.4 Å². The van der Waals surface area contributed by atoms with Gasteiger partial charge in [0.05, 0.1) is 11.7 Å². The summed E-state index contributed by atoms with van der Waals surface area (Å²) in [4.78, 5) is 11.3. The summed E-state index contributed by atoms with van der Waals surface area (Å²) in [5.74, 6) is 0.549. The molecule has 5 heteroatoms. The molecule has 0 aliphatic carbocycles. The lowest BCUT2D eigenvalue weighted by Crippen LogP contribution is -2.34. The summed E-state index contributed by atoms with van der Waals surface area (Å²) in [7, 11) is 0. The Labute approximate surface area is 92.6 Å². The average molecular weight is 227 g/mol. The topological polar surface area (TPSA) is 50.4 Å². The third-order valence-electron chi connectivity index (χ3n) is 2.18. The molecule has 1 unspecified atom stereocenters. The van der Waals surface area contributed by atoms with E-state index in [1.165, 1.54) is 0 Å². The first kappa shape index (κ1) is 10.1. The van der Waals surface area contributed by atoms with E-state index < -0.39 is 6.10 Å². The Morgan fingerprint density at radius 3 is 3.13 bits per heavy atom. The van der Waals surface area contributed by atoms with Gasteiger partial charge in [0.1, 0.15) is 5.75 Å². The van der Waals surface area contributed by atoms with Gasteiger partial charge in [-0.3, -0.25) is 4.79 Å². The highest BCUT2D eigenvalue weighted by Gasteiger charge is 2.23. The number of amides is 1. The van der Waals surface area contributed by atoms with Gasteiger partial charge in [-0.25, -0.2) is 0 Å². The highest BCUT2D eigenvalue weighted by Crippen LogP contribution is 2.31. The van der Waals surface area contributed by atoms with Crippen molar-refractivity contribution < 1.29 is 9.53 Å². The number of hydrogen-bond acceptors (Lipinski definition) is 3. The van der Waals surface area contributed by atoms with Crippen LogP contribution in [0.15, 0.2) is 18.2 Å². The molecule has 1 aromatic rings. The molecule has 1 heterocycles. The fraction of sp³-hybridized carbons (Fsp3) is 0.300. The first-order valence-corrected chi connectivity index (χ1v) is 5.15. The Morgan fingerprint density at radius 1 is 1.60 bits per heavy atom. The van der Waals surface area contributed by atoms with Crippen molar-refractivity contribution >= 4 is 28.9 Å². The van der Waals surface area contributed by atoms with E-state index in [-0.39, 0.29) is 5.91 Å². The van der Waals surface area contributed by atoms with E-state index in [0.717, 1.165) is 5.69 Å². The van der Waals surface area contributed by atoms with E-state index in [2.05, 4.69) is 10.6 Å². The lowest BCUT2D eigenvalue weighted by atomic mass is 10.2. The molecule has 2 rings (SSSR count). The largest absolute Gasteiger partial charge is 0.479 e. The van der Waals surface area contributed by atoms with Crippen LogP contribution < -0.4 is 15.4 Å². The molecule has 80 valence electrons. The van der Waals surface area contributed by atoms with Crippen LogP contribution in [0.25, 0.3) is 0 Å². The molecule has 1 aliphatic heterocycles. The van der Waals surface area contributed by atoms with E-state index >= 15 is 0 Å². The number of benzene rings is 1. The van der Waals surface area contributed by atoms with Gasteiger partial charge in [-0.1, -0.05) is 0 Å². The zero-order valence-corrected chi connectivity index (χ0v) is 8.97. The number of rotatable bonds is 2. The highest BCUT2D eigenvalue weighted by molar-refractivity contribution is 6.18. The van der Waals surface area contributed by atoms with Gasteiger partial charge in [0.15, 0.2) is 6.10 Å². The predicted octanol–water partition coefficient (Wildman–Crippen LogP) is 2.01. The third-order valence-corrected chi connectivity index (χ3v) is 2.31. The van der Waals surface area contributed by atoms with Gasteiger partial charge in [0.2, 0.25) is 0 Å². The van der Waals surface area contributed by atoms with E-state index in [4.69, 9.17) is 16.3 Å². The second-order valence-electron chi connectivity index (χ2n) is 3.27. The minimum absolute atomic E-state index is 0.134. The maximum Gasteiger partial charge on any atom is 0.265 e. The maximum absolute atomic E-state index is 11.3. The number of carbonyl (C=O) groups excluding carboxylic acids is 1. The van der Waals surface area contributed by atoms with Crippen LogP contribution >= 0.6 is 11.6 Å². The fourth-order valence-electron chi connectivity index (χ4n) is 1.40. The SMILES string of the molecule is CC1Oc2ccc(NCCl)cc2NC1=O. The molecule has 0 spiro atoms. The van der Waals surface area contributed by atoms with Crippen molar-refractivity contribution in [3.63, 3.8) is 0 Å². The normalized spacial score (nSPS) is 18.8. The van der Waals surface area contributed by atoms with Crippen LogP contribution in [0, 0.1) is 0 Å². The van der Waals surface area contributed by atoms with Crippen molar-refractivity contribution in [3.8, 4) is 5.75 Å². The van der Waals surface area contributed by atoms with Crippen LogP contribution in [0.5, 0.6) is 5.75 Å². The summed E-state index contributed by atoms with van der Waals surface area (Å²) >= 11 is 5.54. The molecule has 1 aliphatic rings. The molecule has 0 fully saturated rings. The highest BCUT2D eigenvalue weighted by atomic mass is 35.5. The molecule has 1 amide bonds. The average Bonchev–Trinajstić information content (AvgIpc) is 2.21. The smallest absolute Gasteiger partial charge is 0.265 e. The predicted molar refractivity (Wildman–Crippen MR) is 59.5 cm³/mol. The number of nitrogens with one attached hydrogen (secondary N) is 2. The van der Waals surface area contributed by atoms with Gasteiger partial charge in [-0.15, -0.1) is 11.6 Å². The van der Waals surface area contributed by atoms with E-state index in [1.54, 1.807) is 19.1 Å². The van der Waals surface area contributed by atoms with Gasteiger partial charge in [0.25, 0.3) is 5.91 Å². The maximum atomic E-state index is 11.3. The van der Waals surface area contributed by atoms with Crippen molar-refractivity contribution in [2.24, 2.45) is 0 Å². The number of ether oxygens (including phenoxy) is 1. The Bertz CT molecular complexity index is 395. The first-order valence-electron chi connectivity index (χ1n) is 4.62. The molecule has 1 aromatic carbocycles.